The standard InChI is InChI=1S/C18H27NO5S/c1-22-15-8-7-14(12-16(15)23-2)25(20,21)19-11-5-10-18(13-19)9-4-6-17(18)24-3/h7-8,12,17H,4-6,9-11,13H2,1-3H3/t17-,18+/m1/s1. The predicted octanol–water partition coefficient (Wildman–Crippen LogP) is 2.67. The Labute approximate surface area is 150 Å². The molecule has 2 fully saturated rings. The van der Waals surface area contributed by atoms with Crippen molar-refractivity contribution in [3.05, 3.63) is 18.2 Å². The van der Waals surface area contributed by atoms with E-state index in [1.807, 2.05) is 0 Å². The first-order valence-corrected chi connectivity index (χ1v) is 10.2. The van der Waals surface area contributed by atoms with E-state index in [0.717, 1.165) is 32.1 Å². The van der Waals surface area contributed by atoms with Gasteiger partial charge in [-0.3, -0.25) is 0 Å². The molecule has 1 aromatic carbocycles. The van der Waals surface area contributed by atoms with Gasteiger partial charge in [0.1, 0.15) is 0 Å². The molecule has 140 valence electrons. The van der Waals surface area contributed by atoms with Gasteiger partial charge >= 0.3 is 0 Å². The quantitative estimate of drug-likeness (QED) is 0.798. The summed E-state index contributed by atoms with van der Waals surface area (Å²) >= 11 is 0. The first kappa shape index (κ1) is 18.5. The molecular weight excluding hydrogens is 342 g/mol. The maximum atomic E-state index is 13.2. The van der Waals surface area contributed by atoms with E-state index in [1.54, 1.807) is 23.5 Å². The Kier molecular flexibility index (Phi) is 5.27. The second-order valence-electron chi connectivity index (χ2n) is 6.94. The van der Waals surface area contributed by atoms with Gasteiger partial charge in [0.25, 0.3) is 0 Å². The monoisotopic (exact) mass is 369 g/mol. The number of sulfonamides is 1. The number of rotatable bonds is 5. The van der Waals surface area contributed by atoms with Crippen molar-refractivity contribution in [1.82, 2.24) is 4.31 Å². The van der Waals surface area contributed by atoms with Gasteiger partial charge in [0.2, 0.25) is 10.0 Å². The lowest BCUT2D eigenvalue weighted by molar-refractivity contribution is -0.0184. The summed E-state index contributed by atoms with van der Waals surface area (Å²) in [5.41, 5.74) is -0.0450. The largest absolute Gasteiger partial charge is 0.493 e. The van der Waals surface area contributed by atoms with Crippen molar-refractivity contribution in [2.75, 3.05) is 34.4 Å². The molecular formula is C18H27NO5S. The normalized spacial score (nSPS) is 27.6. The third-order valence-corrected chi connectivity index (χ3v) is 7.52. The highest BCUT2D eigenvalue weighted by molar-refractivity contribution is 7.89. The first-order valence-electron chi connectivity index (χ1n) is 8.72. The van der Waals surface area contributed by atoms with E-state index >= 15 is 0 Å². The zero-order valence-corrected chi connectivity index (χ0v) is 16.0. The van der Waals surface area contributed by atoms with Gasteiger partial charge in [0.05, 0.1) is 25.2 Å². The Morgan fingerprint density at radius 1 is 1.08 bits per heavy atom. The smallest absolute Gasteiger partial charge is 0.243 e. The van der Waals surface area contributed by atoms with Gasteiger partial charge in [-0.15, -0.1) is 0 Å². The number of benzene rings is 1. The van der Waals surface area contributed by atoms with Gasteiger partial charge in [-0.25, -0.2) is 8.42 Å². The molecule has 2 aliphatic rings. The van der Waals surface area contributed by atoms with Crippen LogP contribution < -0.4 is 9.47 Å². The highest BCUT2D eigenvalue weighted by Crippen LogP contribution is 2.47. The van der Waals surface area contributed by atoms with Crippen LogP contribution in [0.4, 0.5) is 0 Å². The summed E-state index contributed by atoms with van der Waals surface area (Å²) in [5.74, 6) is 0.942. The van der Waals surface area contributed by atoms with E-state index in [4.69, 9.17) is 14.2 Å². The van der Waals surface area contributed by atoms with Crippen molar-refractivity contribution < 1.29 is 22.6 Å². The van der Waals surface area contributed by atoms with Crippen molar-refractivity contribution in [3.63, 3.8) is 0 Å². The molecule has 1 heterocycles. The number of methoxy groups -OCH3 is 3. The Hall–Kier alpha value is -1.31. The average Bonchev–Trinajstić information content (AvgIpc) is 3.02. The molecule has 25 heavy (non-hydrogen) atoms. The summed E-state index contributed by atoms with van der Waals surface area (Å²) in [5, 5.41) is 0. The summed E-state index contributed by atoms with van der Waals surface area (Å²) in [4.78, 5) is 0.245. The lowest BCUT2D eigenvalue weighted by Crippen LogP contribution is -2.49. The van der Waals surface area contributed by atoms with Gasteiger partial charge in [-0.1, -0.05) is 6.42 Å². The highest BCUT2D eigenvalue weighted by atomic mass is 32.2. The number of ether oxygens (including phenoxy) is 3. The minimum Gasteiger partial charge on any atom is -0.493 e. The van der Waals surface area contributed by atoms with Crippen LogP contribution in [0.25, 0.3) is 0 Å². The van der Waals surface area contributed by atoms with Gasteiger partial charge < -0.3 is 14.2 Å². The van der Waals surface area contributed by atoms with Crippen LogP contribution in [-0.2, 0) is 14.8 Å². The molecule has 7 heteroatoms. The molecule has 0 unspecified atom stereocenters. The molecule has 0 amide bonds. The van der Waals surface area contributed by atoms with E-state index in [9.17, 15) is 8.42 Å². The van der Waals surface area contributed by atoms with Crippen LogP contribution in [0.3, 0.4) is 0 Å². The number of hydrogen-bond donors (Lipinski definition) is 0. The molecule has 2 atom stereocenters. The summed E-state index contributed by atoms with van der Waals surface area (Å²) in [7, 11) is 1.20. The van der Waals surface area contributed by atoms with E-state index in [2.05, 4.69) is 0 Å². The SMILES string of the molecule is COc1ccc(S(=O)(=O)N2CCC[C@@]3(CCC[C@H]3OC)C2)cc1OC. The molecule has 1 aliphatic heterocycles. The van der Waals surface area contributed by atoms with Crippen LogP contribution in [0.1, 0.15) is 32.1 Å². The van der Waals surface area contributed by atoms with Gasteiger partial charge in [0.15, 0.2) is 11.5 Å². The van der Waals surface area contributed by atoms with E-state index in [-0.39, 0.29) is 16.4 Å². The predicted molar refractivity (Wildman–Crippen MR) is 94.6 cm³/mol. The van der Waals surface area contributed by atoms with Crippen LogP contribution in [0.2, 0.25) is 0 Å². The molecule has 3 rings (SSSR count). The summed E-state index contributed by atoms with van der Waals surface area (Å²) in [6.45, 7) is 1.08. The van der Waals surface area contributed by atoms with Gasteiger partial charge in [0, 0.05) is 31.7 Å². The third kappa shape index (κ3) is 3.25. The molecule has 1 aromatic rings. The Morgan fingerprint density at radius 3 is 2.48 bits per heavy atom. The molecule has 0 bridgehead atoms. The molecule has 0 radical (unpaired) electrons. The number of hydrogen-bond acceptors (Lipinski definition) is 5. The van der Waals surface area contributed by atoms with Crippen LogP contribution in [-0.4, -0.2) is 53.2 Å². The lowest BCUT2D eigenvalue weighted by Gasteiger charge is -2.43. The summed E-state index contributed by atoms with van der Waals surface area (Å²) < 4.78 is 44.1. The van der Waals surface area contributed by atoms with E-state index in [1.165, 1.54) is 20.3 Å². The minimum atomic E-state index is -3.57. The van der Waals surface area contributed by atoms with Gasteiger partial charge in [-0.2, -0.15) is 4.31 Å². The van der Waals surface area contributed by atoms with Gasteiger partial charge in [-0.05, 0) is 37.8 Å². The lowest BCUT2D eigenvalue weighted by atomic mass is 9.77. The second kappa shape index (κ2) is 7.13. The highest BCUT2D eigenvalue weighted by Gasteiger charge is 2.48. The minimum absolute atomic E-state index is 0.0450. The fraction of sp³-hybridized carbons (Fsp3) is 0.667. The fourth-order valence-corrected chi connectivity index (χ4v) is 5.98. The summed E-state index contributed by atoms with van der Waals surface area (Å²) in [6.07, 6.45) is 5.19. The molecule has 6 nitrogen and oxygen atoms in total. The molecule has 1 aliphatic carbocycles. The Morgan fingerprint density at radius 2 is 1.80 bits per heavy atom. The maximum Gasteiger partial charge on any atom is 0.243 e. The van der Waals surface area contributed by atoms with Crippen LogP contribution in [0, 0.1) is 5.41 Å². The molecule has 1 saturated carbocycles. The van der Waals surface area contributed by atoms with Crippen LogP contribution in [0.15, 0.2) is 23.1 Å². The van der Waals surface area contributed by atoms with Crippen molar-refractivity contribution in [3.8, 4) is 11.5 Å². The van der Waals surface area contributed by atoms with Crippen molar-refractivity contribution in [1.29, 1.82) is 0 Å². The molecule has 1 saturated heterocycles. The zero-order valence-electron chi connectivity index (χ0n) is 15.2. The zero-order chi connectivity index (χ0) is 18.1. The number of nitrogens with zero attached hydrogens (tertiary/aromatic N) is 1. The fourth-order valence-electron chi connectivity index (χ4n) is 4.39. The van der Waals surface area contributed by atoms with Crippen LogP contribution in [0.5, 0.6) is 11.5 Å². The molecule has 1 spiro atoms. The van der Waals surface area contributed by atoms with E-state index < -0.39 is 10.0 Å². The van der Waals surface area contributed by atoms with Crippen molar-refractivity contribution >= 4 is 10.0 Å². The second-order valence-corrected chi connectivity index (χ2v) is 8.88. The van der Waals surface area contributed by atoms with Crippen molar-refractivity contribution in [2.45, 2.75) is 43.1 Å². The maximum absolute atomic E-state index is 13.2. The Balaban J connectivity index is 1.89. The molecule has 0 N–H and O–H groups in total. The Bertz CT molecular complexity index is 720. The number of piperidine rings is 1. The van der Waals surface area contributed by atoms with Crippen LogP contribution >= 0.6 is 0 Å². The summed E-state index contributed by atoms with van der Waals surface area (Å²) in [6, 6.07) is 4.76. The van der Waals surface area contributed by atoms with Crippen molar-refractivity contribution in [2.24, 2.45) is 5.41 Å². The third-order valence-electron chi connectivity index (χ3n) is 5.67. The van der Waals surface area contributed by atoms with E-state index in [0.29, 0.717) is 24.6 Å². The molecule has 0 aromatic heterocycles. The first-order chi connectivity index (χ1) is 12.0. The topological polar surface area (TPSA) is 65.1 Å². The average molecular weight is 369 g/mol.